The lowest BCUT2D eigenvalue weighted by atomic mass is 9.95. The maximum absolute atomic E-state index is 13.3. The maximum atomic E-state index is 13.3. The Labute approximate surface area is 167 Å². The van der Waals surface area contributed by atoms with Gasteiger partial charge < -0.3 is 9.64 Å². The third-order valence-corrected chi connectivity index (χ3v) is 7.44. The molecule has 1 aromatic carbocycles. The van der Waals surface area contributed by atoms with E-state index in [0.29, 0.717) is 16.8 Å². The molecule has 2 aliphatic rings. The predicted octanol–water partition coefficient (Wildman–Crippen LogP) is 2.37. The largest absolute Gasteiger partial charge is 0.435 e. The van der Waals surface area contributed by atoms with E-state index in [1.54, 1.807) is 30.2 Å². The summed E-state index contributed by atoms with van der Waals surface area (Å²) >= 11 is 0. The highest BCUT2D eigenvalue weighted by molar-refractivity contribution is 7.89. The second-order valence-electron chi connectivity index (χ2n) is 7.27. The molecule has 0 spiro atoms. The first-order valence-electron chi connectivity index (χ1n) is 8.98. The molecule has 2 aliphatic heterocycles. The summed E-state index contributed by atoms with van der Waals surface area (Å²) < 4.78 is 57.0. The SMILES string of the molecule is Cc1cc(OC(F)F)ccc1S(=O)(=O)N1CCN2C(=O)c3cccnc3C2(C)C1. The Morgan fingerprint density at radius 2 is 2.00 bits per heavy atom. The average molecular weight is 423 g/mol. The fourth-order valence-corrected chi connectivity index (χ4v) is 5.81. The van der Waals surface area contributed by atoms with Gasteiger partial charge in [0.1, 0.15) is 5.75 Å². The molecule has 0 bridgehead atoms. The van der Waals surface area contributed by atoms with E-state index in [4.69, 9.17) is 0 Å². The molecule has 2 aromatic rings. The summed E-state index contributed by atoms with van der Waals surface area (Å²) in [5.74, 6) is -0.259. The van der Waals surface area contributed by atoms with Crippen LogP contribution in [0, 0.1) is 6.92 Å². The number of nitrogens with zero attached hydrogens (tertiary/aromatic N) is 3. The van der Waals surface area contributed by atoms with Crippen LogP contribution in [0.25, 0.3) is 0 Å². The topological polar surface area (TPSA) is 79.8 Å². The normalized spacial score (nSPS) is 22.0. The number of fused-ring (bicyclic) bond motifs is 3. The molecule has 1 saturated heterocycles. The van der Waals surface area contributed by atoms with Gasteiger partial charge in [0.15, 0.2) is 0 Å². The molecule has 10 heteroatoms. The van der Waals surface area contributed by atoms with E-state index in [9.17, 15) is 22.0 Å². The number of pyridine rings is 1. The number of sulfonamides is 1. The van der Waals surface area contributed by atoms with Crippen molar-refractivity contribution in [1.82, 2.24) is 14.2 Å². The zero-order chi connectivity index (χ0) is 21.0. The molecule has 1 amide bonds. The molecule has 1 aromatic heterocycles. The zero-order valence-corrected chi connectivity index (χ0v) is 16.6. The molecule has 154 valence electrons. The van der Waals surface area contributed by atoms with Gasteiger partial charge in [0.05, 0.1) is 21.7 Å². The number of halogens is 2. The number of ether oxygens (including phenoxy) is 1. The van der Waals surface area contributed by atoms with Gasteiger partial charge >= 0.3 is 6.61 Å². The quantitative estimate of drug-likeness (QED) is 0.754. The number of rotatable bonds is 4. The Bertz CT molecular complexity index is 1090. The lowest BCUT2D eigenvalue weighted by Gasteiger charge is -2.44. The van der Waals surface area contributed by atoms with Crippen LogP contribution in [0.1, 0.15) is 28.5 Å². The molecule has 3 heterocycles. The highest BCUT2D eigenvalue weighted by atomic mass is 32.2. The van der Waals surface area contributed by atoms with Gasteiger partial charge in [0.25, 0.3) is 5.91 Å². The molecule has 0 N–H and O–H groups in total. The van der Waals surface area contributed by atoms with Crippen LogP contribution in [0.15, 0.2) is 41.4 Å². The van der Waals surface area contributed by atoms with Crippen molar-refractivity contribution in [3.63, 3.8) is 0 Å². The number of alkyl halides is 2. The minimum absolute atomic E-state index is 0.0155. The Kier molecular flexibility index (Phi) is 4.58. The van der Waals surface area contributed by atoms with Gasteiger partial charge in [-0.3, -0.25) is 9.78 Å². The Balaban J connectivity index is 1.67. The first-order valence-corrected chi connectivity index (χ1v) is 10.4. The number of aromatic nitrogens is 1. The van der Waals surface area contributed by atoms with Crippen LogP contribution in [-0.2, 0) is 15.6 Å². The van der Waals surface area contributed by atoms with Gasteiger partial charge in [-0.15, -0.1) is 0 Å². The highest BCUT2D eigenvalue weighted by Gasteiger charge is 2.52. The van der Waals surface area contributed by atoms with Crippen LogP contribution in [0.3, 0.4) is 0 Å². The number of piperazine rings is 1. The summed E-state index contributed by atoms with van der Waals surface area (Å²) in [5, 5.41) is 0. The summed E-state index contributed by atoms with van der Waals surface area (Å²) in [6.45, 7) is 0.761. The van der Waals surface area contributed by atoms with Crippen LogP contribution in [-0.4, -0.2) is 54.8 Å². The number of carbonyl (C=O) groups excluding carboxylic acids is 1. The van der Waals surface area contributed by atoms with E-state index in [1.165, 1.54) is 29.4 Å². The molecular weight excluding hydrogens is 404 g/mol. The lowest BCUT2D eigenvalue weighted by molar-refractivity contribution is -0.0499. The van der Waals surface area contributed by atoms with Crippen molar-refractivity contribution in [2.75, 3.05) is 19.6 Å². The number of amides is 1. The van der Waals surface area contributed by atoms with Gasteiger partial charge in [-0.25, -0.2) is 8.42 Å². The van der Waals surface area contributed by atoms with Crippen molar-refractivity contribution >= 4 is 15.9 Å². The molecule has 0 radical (unpaired) electrons. The second-order valence-corrected chi connectivity index (χ2v) is 9.18. The van der Waals surface area contributed by atoms with Crippen LogP contribution >= 0.6 is 0 Å². The summed E-state index contributed by atoms with van der Waals surface area (Å²) in [5.41, 5.74) is 0.476. The van der Waals surface area contributed by atoms with Crippen molar-refractivity contribution in [2.45, 2.75) is 30.9 Å². The van der Waals surface area contributed by atoms with E-state index in [-0.39, 0.29) is 36.2 Å². The smallest absolute Gasteiger partial charge is 0.387 e. The predicted molar refractivity (Wildman–Crippen MR) is 99.2 cm³/mol. The molecule has 1 unspecified atom stereocenters. The van der Waals surface area contributed by atoms with Crippen molar-refractivity contribution in [2.24, 2.45) is 0 Å². The minimum atomic E-state index is -3.91. The van der Waals surface area contributed by atoms with Crippen LogP contribution in [0.4, 0.5) is 8.78 Å². The van der Waals surface area contributed by atoms with Crippen molar-refractivity contribution in [1.29, 1.82) is 0 Å². The summed E-state index contributed by atoms with van der Waals surface area (Å²) in [4.78, 5) is 18.7. The van der Waals surface area contributed by atoms with Gasteiger partial charge in [-0.05, 0) is 49.7 Å². The van der Waals surface area contributed by atoms with E-state index < -0.39 is 22.2 Å². The zero-order valence-electron chi connectivity index (χ0n) is 15.8. The minimum Gasteiger partial charge on any atom is -0.435 e. The van der Waals surface area contributed by atoms with E-state index in [0.717, 1.165) is 0 Å². The standard InChI is InChI=1S/C19H19F2N3O4S/c1-12-10-13(28-18(20)21)5-6-15(12)29(26,27)23-8-9-24-17(25)14-4-3-7-22-16(14)19(24,2)11-23/h3-7,10,18H,8-9,11H2,1-2H3. The molecule has 0 saturated carbocycles. The Hall–Kier alpha value is -2.59. The molecule has 1 atom stereocenters. The first-order chi connectivity index (χ1) is 13.6. The lowest BCUT2D eigenvalue weighted by Crippen LogP contribution is -2.58. The van der Waals surface area contributed by atoms with Crippen LogP contribution in [0.5, 0.6) is 5.75 Å². The van der Waals surface area contributed by atoms with E-state index in [2.05, 4.69) is 9.72 Å². The number of aryl methyl sites for hydroxylation is 1. The number of hydrogen-bond donors (Lipinski definition) is 0. The van der Waals surface area contributed by atoms with Crippen molar-refractivity contribution < 1.29 is 26.7 Å². The fraction of sp³-hybridized carbons (Fsp3) is 0.368. The summed E-state index contributed by atoms with van der Waals surface area (Å²) in [7, 11) is -3.91. The van der Waals surface area contributed by atoms with Crippen molar-refractivity contribution in [3.05, 3.63) is 53.3 Å². The second kappa shape index (κ2) is 6.74. The number of carbonyl (C=O) groups is 1. The molecule has 7 nitrogen and oxygen atoms in total. The average Bonchev–Trinajstić information content (AvgIpc) is 2.88. The Morgan fingerprint density at radius 3 is 2.69 bits per heavy atom. The molecule has 29 heavy (non-hydrogen) atoms. The number of hydrogen-bond acceptors (Lipinski definition) is 5. The fourth-order valence-electron chi connectivity index (χ4n) is 4.08. The number of benzene rings is 1. The van der Waals surface area contributed by atoms with Crippen LogP contribution < -0.4 is 4.74 Å². The Morgan fingerprint density at radius 1 is 1.24 bits per heavy atom. The highest BCUT2D eigenvalue weighted by Crippen LogP contribution is 2.41. The third kappa shape index (κ3) is 3.06. The summed E-state index contributed by atoms with van der Waals surface area (Å²) in [6.07, 6.45) is 1.58. The molecular formula is C19H19F2N3O4S. The molecule has 4 rings (SSSR count). The van der Waals surface area contributed by atoms with Crippen LogP contribution in [0.2, 0.25) is 0 Å². The van der Waals surface area contributed by atoms with Gasteiger partial charge in [-0.2, -0.15) is 13.1 Å². The molecule has 1 fully saturated rings. The first kappa shape index (κ1) is 19.7. The monoisotopic (exact) mass is 423 g/mol. The molecule has 0 aliphatic carbocycles. The van der Waals surface area contributed by atoms with E-state index >= 15 is 0 Å². The van der Waals surface area contributed by atoms with Gasteiger partial charge in [0.2, 0.25) is 10.0 Å². The van der Waals surface area contributed by atoms with E-state index in [1.807, 2.05) is 0 Å². The van der Waals surface area contributed by atoms with Crippen molar-refractivity contribution in [3.8, 4) is 5.75 Å². The van der Waals surface area contributed by atoms with Gasteiger partial charge in [-0.1, -0.05) is 0 Å². The summed E-state index contributed by atoms with van der Waals surface area (Å²) in [6, 6.07) is 7.12. The third-order valence-electron chi connectivity index (χ3n) is 5.44. The van der Waals surface area contributed by atoms with Gasteiger partial charge in [0, 0.05) is 25.8 Å². The maximum Gasteiger partial charge on any atom is 0.387 e.